The van der Waals surface area contributed by atoms with Crippen LogP contribution in [0.25, 0.3) is 0 Å². The molecule has 0 fully saturated rings. The molecule has 0 spiro atoms. The van der Waals surface area contributed by atoms with Crippen LogP contribution in [0.1, 0.15) is 11.1 Å². The lowest BCUT2D eigenvalue weighted by Gasteiger charge is -2.54. The first kappa shape index (κ1) is 13.6. The van der Waals surface area contributed by atoms with E-state index in [0.29, 0.717) is 11.4 Å². The molecule has 0 saturated carbocycles. The molecule has 2 aromatic rings. The highest BCUT2D eigenvalue weighted by Gasteiger charge is 2.56. The van der Waals surface area contributed by atoms with Crippen LogP contribution in [0, 0.1) is 0 Å². The second-order valence-corrected chi connectivity index (χ2v) is 5.38. The molecule has 0 saturated heterocycles. The molecule has 2 aliphatic rings. The molecule has 2 bridgehead atoms. The first-order valence-corrected chi connectivity index (χ1v) is 6.88. The van der Waals surface area contributed by atoms with Gasteiger partial charge >= 0.3 is 0 Å². The fourth-order valence-electron chi connectivity index (χ4n) is 3.11. The van der Waals surface area contributed by atoms with Gasteiger partial charge in [-0.2, -0.15) is 0 Å². The van der Waals surface area contributed by atoms with Gasteiger partial charge in [-0.25, -0.2) is 0 Å². The summed E-state index contributed by atoms with van der Waals surface area (Å²) >= 11 is 0. The Morgan fingerprint density at radius 1 is 0.783 bits per heavy atom. The van der Waals surface area contributed by atoms with Crippen LogP contribution in [0.5, 0.6) is 0 Å². The number of carbonyl (C=O) groups is 2. The molecule has 0 aromatic heterocycles. The van der Waals surface area contributed by atoms with E-state index in [0.717, 1.165) is 0 Å². The summed E-state index contributed by atoms with van der Waals surface area (Å²) in [5, 5.41) is 29.3. The quantitative estimate of drug-likeness (QED) is 0.736. The number of ether oxygens (including phenoxy) is 1. The van der Waals surface area contributed by atoms with Gasteiger partial charge in [0.25, 0.3) is 0 Å². The van der Waals surface area contributed by atoms with Crippen LogP contribution in [0.2, 0.25) is 0 Å². The number of carboxylic acid groups (broad SMARTS) is 2. The van der Waals surface area contributed by atoms with Gasteiger partial charge in [0.2, 0.25) is 11.4 Å². The SMILES string of the molecule is O=C([O-])[C@]12Nc3ccccc3[C@](C(=O)[O-])(Nc3ccccc31)O2. The lowest BCUT2D eigenvalue weighted by atomic mass is 9.88. The van der Waals surface area contributed by atoms with Crippen molar-refractivity contribution in [2.24, 2.45) is 0 Å². The minimum atomic E-state index is -2.13. The van der Waals surface area contributed by atoms with Gasteiger partial charge in [0.05, 0.1) is 11.9 Å². The maximum Gasteiger partial charge on any atom is 0.211 e. The Balaban J connectivity index is 2.08. The van der Waals surface area contributed by atoms with Gasteiger partial charge in [0, 0.05) is 22.5 Å². The van der Waals surface area contributed by atoms with Crippen LogP contribution in [0.3, 0.4) is 0 Å². The zero-order chi connectivity index (χ0) is 16.2. The van der Waals surface area contributed by atoms with Crippen LogP contribution in [0.15, 0.2) is 48.5 Å². The molecular formula is C16H10N2O5-2. The summed E-state index contributed by atoms with van der Waals surface area (Å²) < 4.78 is 5.53. The number of para-hydroxylation sites is 2. The highest BCUT2D eigenvalue weighted by molar-refractivity contribution is 5.93. The topological polar surface area (TPSA) is 114 Å². The van der Waals surface area contributed by atoms with Crippen LogP contribution in [0.4, 0.5) is 11.4 Å². The standard InChI is InChI=1S/C16H12N2O5/c19-13(20)15-9-5-1-3-7-11(9)17-16(23-15,14(21)22)10-6-2-4-8-12(10)18-15/h1-8,17-18H,(H,19,20)(H,21,22)/p-2/t15-,16-/m0/s1. The van der Waals surface area contributed by atoms with E-state index in [1.807, 2.05) is 0 Å². The van der Waals surface area contributed by atoms with E-state index in [2.05, 4.69) is 10.6 Å². The van der Waals surface area contributed by atoms with Crippen molar-refractivity contribution in [3.05, 3.63) is 59.7 Å². The van der Waals surface area contributed by atoms with E-state index in [9.17, 15) is 19.8 Å². The second kappa shape index (κ2) is 4.23. The summed E-state index contributed by atoms with van der Waals surface area (Å²) in [6.45, 7) is 0. The number of anilines is 2. The largest absolute Gasteiger partial charge is 0.545 e. The molecule has 7 heteroatoms. The summed E-state index contributed by atoms with van der Waals surface area (Å²) in [4.78, 5) is 23.8. The molecule has 2 atom stereocenters. The molecule has 0 aliphatic carbocycles. The third-order valence-corrected chi connectivity index (χ3v) is 4.12. The minimum absolute atomic E-state index is 0.228. The monoisotopic (exact) mass is 310 g/mol. The van der Waals surface area contributed by atoms with Crippen LogP contribution in [-0.2, 0) is 25.8 Å². The van der Waals surface area contributed by atoms with Crippen LogP contribution < -0.4 is 20.8 Å². The van der Waals surface area contributed by atoms with E-state index in [1.54, 1.807) is 36.4 Å². The Morgan fingerprint density at radius 2 is 1.17 bits per heavy atom. The molecule has 0 radical (unpaired) electrons. The predicted octanol–water partition coefficient (Wildman–Crippen LogP) is -0.940. The van der Waals surface area contributed by atoms with Crippen molar-refractivity contribution in [2.75, 3.05) is 10.6 Å². The second-order valence-electron chi connectivity index (χ2n) is 5.38. The molecule has 2 aromatic carbocycles. The first-order valence-electron chi connectivity index (χ1n) is 6.88. The Morgan fingerprint density at radius 3 is 1.57 bits per heavy atom. The van der Waals surface area contributed by atoms with Gasteiger partial charge in [-0.15, -0.1) is 0 Å². The van der Waals surface area contributed by atoms with Crippen molar-refractivity contribution < 1.29 is 24.5 Å². The fraction of sp³-hybridized carbons (Fsp3) is 0.125. The van der Waals surface area contributed by atoms with E-state index in [4.69, 9.17) is 4.74 Å². The Labute approximate surface area is 130 Å². The summed E-state index contributed by atoms with van der Waals surface area (Å²) in [5.74, 6) is -3.18. The van der Waals surface area contributed by atoms with Crippen molar-refractivity contribution >= 4 is 23.3 Å². The third-order valence-electron chi connectivity index (χ3n) is 4.12. The normalized spacial score (nSPS) is 27.0. The lowest BCUT2D eigenvalue weighted by molar-refractivity contribution is -0.352. The van der Waals surface area contributed by atoms with Crippen molar-refractivity contribution in [2.45, 2.75) is 11.4 Å². The minimum Gasteiger partial charge on any atom is -0.545 e. The van der Waals surface area contributed by atoms with Gasteiger partial charge in [0.15, 0.2) is 0 Å². The van der Waals surface area contributed by atoms with E-state index in [-0.39, 0.29) is 11.1 Å². The Kier molecular flexibility index (Phi) is 2.50. The molecule has 2 heterocycles. The summed E-state index contributed by atoms with van der Waals surface area (Å²) in [6.07, 6.45) is 0. The van der Waals surface area contributed by atoms with Gasteiger partial charge < -0.3 is 35.2 Å². The average Bonchev–Trinajstić information content (AvgIpc) is 2.54. The number of hydrogen-bond acceptors (Lipinski definition) is 7. The van der Waals surface area contributed by atoms with E-state index in [1.165, 1.54) is 12.1 Å². The fourth-order valence-corrected chi connectivity index (χ4v) is 3.11. The number of aliphatic carboxylic acids is 2. The van der Waals surface area contributed by atoms with E-state index < -0.39 is 23.4 Å². The molecule has 2 aliphatic heterocycles. The number of carboxylic acids is 2. The number of carbonyl (C=O) groups excluding carboxylic acids is 2. The molecule has 116 valence electrons. The zero-order valence-electron chi connectivity index (χ0n) is 11.7. The smallest absolute Gasteiger partial charge is 0.211 e. The van der Waals surface area contributed by atoms with Crippen molar-refractivity contribution in [3.63, 3.8) is 0 Å². The van der Waals surface area contributed by atoms with Crippen molar-refractivity contribution in [1.82, 2.24) is 0 Å². The van der Waals surface area contributed by atoms with Gasteiger partial charge in [-0.1, -0.05) is 36.4 Å². The predicted molar refractivity (Wildman–Crippen MR) is 74.6 cm³/mol. The highest BCUT2D eigenvalue weighted by atomic mass is 16.6. The molecular weight excluding hydrogens is 300 g/mol. The van der Waals surface area contributed by atoms with Gasteiger partial charge in [-0.3, -0.25) is 0 Å². The highest BCUT2D eigenvalue weighted by Crippen LogP contribution is 2.50. The molecule has 23 heavy (non-hydrogen) atoms. The van der Waals surface area contributed by atoms with Gasteiger partial charge in [0.1, 0.15) is 0 Å². The molecule has 2 N–H and O–H groups in total. The summed E-state index contributed by atoms with van der Waals surface area (Å²) in [5.41, 5.74) is -3.17. The molecule has 4 rings (SSSR count). The molecule has 0 amide bonds. The van der Waals surface area contributed by atoms with Crippen LogP contribution in [-0.4, -0.2) is 11.9 Å². The Bertz CT molecular complexity index is 782. The maximum absolute atomic E-state index is 11.9. The third kappa shape index (κ3) is 1.56. The molecule has 7 nitrogen and oxygen atoms in total. The number of benzene rings is 2. The van der Waals surface area contributed by atoms with Crippen molar-refractivity contribution in [3.8, 4) is 0 Å². The number of hydrogen-bond donors (Lipinski definition) is 2. The molecule has 0 unspecified atom stereocenters. The lowest BCUT2D eigenvalue weighted by Crippen LogP contribution is -2.68. The number of fused-ring (bicyclic) bond motifs is 6. The number of nitrogens with one attached hydrogen (secondary N) is 2. The average molecular weight is 310 g/mol. The summed E-state index contributed by atoms with van der Waals surface area (Å²) in [6, 6.07) is 12.8. The van der Waals surface area contributed by atoms with Gasteiger partial charge in [-0.05, 0) is 12.1 Å². The zero-order valence-corrected chi connectivity index (χ0v) is 11.7. The first-order chi connectivity index (χ1) is 11.0. The maximum atomic E-state index is 11.9. The van der Waals surface area contributed by atoms with Crippen molar-refractivity contribution in [1.29, 1.82) is 0 Å². The number of rotatable bonds is 2. The Hall–Kier alpha value is -3.06. The van der Waals surface area contributed by atoms with Crippen LogP contribution >= 0.6 is 0 Å². The van der Waals surface area contributed by atoms with E-state index >= 15 is 0 Å². The summed E-state index contributed by atoms with van der Waals surface area (Å²) in [7, 11) is 0.